The number of carbonyl (C=O) groups excluding carboxylic acids is 1. The molecule has 6 nitrogen and oxygen atoms in total. The number of ether oxygens (including phenoxy) is 2. The zero-order valence-electron chi connectivity index (χ0n) is 22.9. The molecule has 0 aromatic heterocycles. The van der Waals surface area contributed by atoms with Crippen LogP contribution in [0, 0.1) is 17.2 Å². The lowest BCUT2D eigenvalue weighted by Gasteiger charge is -2.32. The van der Waals surface area contributed by atoms with Crippen LogP contribution in [-0.4, -0.2) is 61.6 Å². The van der Waals surface area contributed by atoms with Crippen LogP contribution in [0.25, 0.3) is 0 Å². The fourth-order valence-corrected chi connectivity index (χ4v) is 5.22. The molecule has 0 fully saturated rings. The van der Waals surface area contributed by atoms with E-state index in [-0.39, 0.29) is 25.1 Å². The summed E-state index contributed by atoms with van der Waals surface area (Å²) in [6, 6.07) is 16.2. The van der Waals surface area contributed by atoms with Crippen molar-refractivity contribution in [1.82, 2.24) is 0 Å². The lowest BCUT2D eigenvalue weighted by atomic mass is 10.0. The van der Waals surface area contributed by atoms with Gasteiger partial charge in [0.05, 0.1) is 32.3 Å². The molecule has 0 saturated heterocycles. The van der Waals surface area contributed by atoms with Crippen LogP contribution < -0.4 is 4.74 Å². The molecule has 6 heteroatoms. The van der Waals surface area contributed by atoms with Crippen LogP contribution in [0.3, 0.4) is 0 Å². The fraction of sp³-hybridized carbons (Fsp3) is 0.548. The minimum absolute atomic E-state index is 0.0732. The third-order valence-corrected chi connectivity index (χ3v) is 7.23. The quantitative estimate of drug-likeness (QED) is 0.292. The van der Waals surface area contributed by atoms with E-state index in [0.29, 0.717) is 34.7 Å². The van der Waals surface area contributed by atoms with Crippen molar-refractivity contribution >= 4 is 5.97 Å². The first-order valence-electron chi connectivity index (χ1n) is 13.6. The van der Waals surface area contributed by atoms with Crippen molar-refractivity contribution < 1.29 is 23.9 Å². The highest BCUT2D eigenvalue weighted by Crippen LogP contribution is 2.29. The number of nitriles is 1. The minimum atomic E-state index is -0.652. The van der Waals surface area contributed by atoms with Crippen molar-refractivity contribution in [3.8, 4) is 11.8 Å². The van der Waals surface area contributed by atoms with Gasteiger partial charge in [0.1, 0.15) is 31.1 Å². The lowest BCUT2D eigenvalue weighted by molar-refractivity contribution is -0.894. The van der Waals surface area contributed by atoms with Crippen LogP contribution in [0.1, 0.15) is 61.8 Å². The predicted octanol–water partition coefficient (Wildman–Crippen LogP) is 4.84. The number of esters is 1. The number of hydrogen-bond acceptors (Lipinski definition) is 5. The molecule has 2 aromatic carbocycles. The van der Waals surface area contributed by atoms with Gasteiger partial charge in [-0.1, -0.05) is 43.7 Å². The largest absolute Gasteiger partial charge is 0.489 e. The van der Waals surface area contributed by atoms with E-state index in [1.165, 1.54) is 11.1 Å². The van der Waals surface area contributed by atoms with Gasteiger partial charge in [0, 0.05) is 12.8 Å². The number of aryl methyl sites for hydroxylation is 1. The number of aliphatic hydroxyl groups excluding tert-OH is 1. The zero-order chi connectivity index (χ0) is 26.8. The number of carbonyl (C=O) groups is 1. The summed E-state index contributed by atoms with van der Waals surface area (Å²) in [6.45, 7) is 5.65. The van der Waals surface area contributed by atoms with Crippen molar-refractivity contribution in [3.63, 3.8) is 0 Å². The molecule has 1 aliphatic rings. The van der Waals surface area contributed by atoms with E-state index in [1.807, 2.05) is 13.0 Å². The van der Waals surface area contributed by atoms with E-state index in [1.54, 1.807) is 12.1 Å². The predicted molar refractivity (Wildman–Crippen MR) is 145 cm³/mol. The van der Waals surface area contributed by atoms with Gasteiger partial charge in [0.2, 0.25) is 0 Å². The standard InChI is InChI=1S/C31H43N2O4/c1-5-8-23(2)37-31(35)14-12-24-11-13-28(20-32)30(19-24)36-22-29(34)21-33(3,4)16-15-25-17-26-9-6-7-10-27(26)18-25/h6-7,9-11,13,19,23,25,29,34H,5,8,12,14-18,21-22H2,1-4H3/q+1/t23?,29-/m1/s1. The maximum atomic E-state index is 12.1. The summed E-state index contributed by atoms with van der Waals surface area (Å²) in [7, 11) is 4.29. The van der Waals surface area contributed by atoms with Crippen LogP contribution in [0.15, 0.2) is 42.5 Å². The number of nitrogens with zero attached hydrogens (tertiary/aromatic N) is 2. The molecule has 1 unspecified atom stereocenters. The van der Waals surface area contributed by atoms with Gasteiger partial charge in [-0.15, -0.1) is 0 Å². The monoisotopic (exact) mass is 507 g/mol. The Morgan fingerprint density at radius 1 is 1.19 bits per heavy atom. The van der Waals surface area contributed by atoms with Gasteiger partial charge >= 0.3 is 5.97 Å². The second-order valence-electron chi connectivity index (χ2n) is 11.2. The van der Waals surface area contributed by atoms with Crippen molar-refractivity contribution in [2.45, 2.75) is 71.0 Å². The topological polar surface area (TPSA) is 79.6 Å². The van der Waals surface area contributed by atoms with Gasteiger partial charge < -0.3 is 19.1 Å². The highest BCUT2D eigenvalue weighted by atomic mass is 16.5. The van der Waals surface area contributed by atoms with E-state index in [2.05, 4.69) is 51.4 Å². The van der Waals surface area contributed by atoms with E-state index in [4.69, 9.17) is 9.47 Å². The third kappa shape index (κ3) is 9.18. The Kier molecular flexibility index (Phi) is 10.5. The second-order valence-corrected chi connectivity index (χ2v) is 11.2. The second kappa shape index (κ2) is 13.6. The Morgan fingerprint density at radius 3 is 2.54 bits per heavy atom. The molecule has 2 aromatic rings. The van der Waals surface area contributed by atoms with Crippen LogP contribution in [-0.2, 0) is 28.8 Å². The van der Waals surface area contributed by atoms with Crippen molar-refractivity contribution in [1.29, 1.82) is 5.26 Å². The third-order valence-electron chi connectivity index (χ3n) is 7.23. The Bertz CT molecular complexity index is 1050. The van der Waals surface area contributed by atoms with E-state index < -0.39 is 6.10 Å². The average Bonchev–Trinajstić information content (AvgIpc) is 3.28. The maximum absolute atomic E-state index is 12.1. The lowest BCUT2D eigenvalue weighted by Crippen LogP contribution is -2.48. The summed E-state index contributed by atoms with van der Waals surface area (Å²) >= 11 is 0. The summed E-state index contributed by atoms with van der Waals surface area (Å²) < 4.78 is 12.0. The Morgan fingerprint density at radius 2 is 1.89 bits per heavy atom. The van der Waals surface area contributed by atoms with Gasteiger partial charge in [-0.3, -0.25) is 4.79 Å². The van der Waals surface area contributed by atoms with E-state index in [9.17, 15) is 15.2 Å². The van der Waals surface area contributed by atoms with Gasteiger partial charge in [-0.05, 0) is 67.3 Å². The highest BCUT2D eigenvalue weighted by molar-refractivity contribution is 5.70. The first-order chi connectivity index (χ1) is 17.7. The molecular weight excluding hydrogens is 464 g/mol. The summed E-state index contributed by atoms with van der Waals surface area (Å²) in [6.07, 6.45) is 5.30. The normalized spacial score (nSPS) is 15.0. The van der Waals surface area contributed by atoms with Gasteiger partial charge in [-0.2, -0.15) is 5.26 Å². The first kappa shape index (κ1) is 28.7. The van der Waals surface area contributed by atoms with E-state index in [0.717, 1.165) is 44.2 Å². The minimum Gasteiger partial charge on any atom is -0.489 e. The van der Waals surface area contributed by atoms with Crippen molar-refractivity contribution in [3.05, 3.63) is 64.7 Å². The molecule has 0 aliphatic heterocycles. The number of benzene rings is 2. The average molecular weight is 508 g/mol. The number of quaternary nitrogens is 1. The number of hydrogen-bond donors (Lipinski definition) is 1. The summed E-state index contributed by atoms with van der Waals surface area (Å²) in [5, 5.41) is 20.2. The molecule has 37 heavy (non-hydrogen) atoms. The number of rotatable bonds is 14. The molecule has 200 valence electrons. The first-order valence-corrected chi connectivity index (χ1v) is 13.6. The Hall–Kier alpha value is -2.88. The van der Waals surface area contributed by atoms with Crippen molar-refractivity contribution in [2.75, 3.05) is 33.8 Å². The van der Waals surface area contributed by atoms with Crippen LogP contribution in [0.5, 0.6) is 5.75 Å². The van der Waals surface area contributed by atoms with Crippen molar-refractivity contribution in [2.24, 2.45) is 5.92 Å². The van der Waals surface area contributed by atoms with E-state index >= 15 is 0 Å². The summed E-state index contributed by atoms with van der Waals surface area (Å²) in [5.41, 5.74) is 4.27. The van der Waals surface area contributed by atoms with Crippen LogP contribution in [0.2, 0.25) is 0 Å². The van der Waals surface area contributed by atoms with Crippen LogP contribution >= 0.6 is 0 Å². The summed E-state index contributed by atoms with van der Waals surface area (Å²) in [4.78, 5) is 12.1. The molecule has 0 bridgehead atoms. The molecule has 0 saturated carbocycles. The molecule has 0 amide bonds. The van der Waals surface area contributed by atoms with Crippen LogP contribution in [0.4, 0.5) is 0 Å². The highest BCUT2D eigenvalue weighted by Gasteiger charge is 2.26. The molecule has 1 aliphatic carbocycles. The SMILES string of the molecule is CCCC(C)OC(=O)CCc1ccc(C#N)c(OC[C@H](O)C[N+](C)(C)CCC2Cc3ccccc3C2)c1. The Labute approximate surface area is 222 Å². The molecule has 0 radical (unpaired) electrons. The molecular formula is C31H43N2O4+. The number of fused-ring (bicyclic) bond motifs is 1. The fourth-order valence-electron chi connectivity index (χ4n) is 5.22. The molecule has 3 rings (SSSR count). The zero-order valence-corrected chi connectivity index (χ0v) is 22.9. The molecule has 1 N–H and O–H groups in total. The molecule has 0 heterocycles. The van der Waals surface area contributed by atoms with Gasteiger partial charge in [0.15, 0.2) is 0 Å². The number of likely N-dealkylation sites (N-methyl/N-ethyl adjacent to an activating group) is 1. The smallest absolute Gasteiger partial charge is 0.306 e. The van der Waals surface area contributed by atoms with Gasteiger partial charge in [-0.25, -0.2) is 0 Å². The van der Waals surface area contributed by atoms with Gasteiger partial charge in [0.25, 0.3) is 0 Å². The maximum Gasteiger partial charge on any atom is 0.306 e. The number of aliphatic hydroxyl groups is 1. The molecule has 2 atom stereocenters. The summed E-state index contributed by atoms with van der Waals surface area (Å²) in [5.74, 6) is 0.890. The Balaban J connectivity index is 1.46. The molecule has 0 spiro atoms.